The Hall–Kier alpha value is -1.84. The van der Waals surface area contributed by atoms with Gasteiger partial charge in [-0.15, -0.1) is 0 Å². The Morgan fingerprint density at radius 3 is 2.29 bits per heavy atom. The predicted molar refractivity (Wildman–Crippen MR) is 84.6 cm³/mol. The third kappa shape index (κ3) is 5.98. The molecule has 1 aromatic carbocycles. The molecule has 1 N–H and O–H groups in total. The molecule has 0 bridgehead atoms. The summed E-state index contributed by atoms with van der Waals surface area (Å²) in [4.78, 5) is 25.3. The highest BCUT2D eigenvalue weighted by molar-refractivity contribution is 5.78. The number of carbonyl (C=O) groups excluding carboxylic acids is 2. The molecule has 0 unspecified atom stereocenters. The van der Waals surface area contributed by atoms with Crippen LogP contribution in [0.1, 0.15) is 39.2 Å². The van der Waals surface area contributed by atoms with Gasteiger partial charge in [-0.3, -0.25) is 9.59 Å². The van der Waals surface area contributed by atoms with Crippen LogP contribution in [0.15, 0.2) is 30.3 Å². The van der Waals surface area contributed by atoms with Gasteiger partial charge in [-0.05, 0) is 18.4 Å². The van der Waals surface area contributed by atoms with Crippen LogP contribution in [-0.2, 0) is 16.1 Å². The van der Waals surface area contributed by atoms with Crippen LogP contribution in [0.5, 0.6) is 0 Å². The van der Waals surface area contributed by atoms with Gasteiger partial charge in [0.25, 0.3) is 0 Å². The van der Waals surface area contributed by atoms with Gasteiger partial charge >= 0.3 is 0 Å². The summed E-state index contributed by atoms with van der Waals surface area (Å²) >= 11 is 0. The number of carbonyl (C=O) groups is 2. The first-order valence-electron chi connectivity index (χ1n) is 7.65. The summed E-state index contributed by atoms with van der Waals surface area (Å²) in [6.45, 7) is 7.22. The first-order valence-corrected chi connectivity index (χ1v) is 7.65. The zero-order valence-electron chi connectivity index (χ0n) is 13.3. The number of benzene rings is 1. The number of nitrogens with zero attached hydrogens (tertiary/aromatic N) is 1. The van der Waals surface area contributed by atoms with Crippen LogP contribution in [0.4, 0.5) is 0 Å². The van der Waals surface area contributed by atoms with E-state index in [1.165, 1.54) is 0 Å². The lowest BCUT2D eigenvalue weighted by Crippen LogP contribution is -2.39. The Morgan fingerprint density at radius 1 is 1.14 bits per heavy atom. The molecule has 0 saturated carbocycles. The van der Waals surface area contributed by atoms with Crippen molar-refractivity contribution in [2.45, 2.75) is 40.2 Å². The summed E-state index contributed by atoms with van der Waals surface area (Å²) < 4.78 is 0. The molecule has 2 amide bonds. The van der Waals surface area contributed by atoms with Crippen LogP contribution in [0.2, 0.25) is 0 Å². The van der Waals surface area contributed by atoms with Crippen LogP contribution in [-0.4, -0.2) is 29.8 Å². The molecule has 0 fully saturated rings. The zero-order chi connectivity index (χ0) is 15.7. The van der Waals surface area contributed by atoms with Gasteiger partial charge in [0.1, 0.15) is 0 Å². The molecule has 21 heavy (non-hydrogen) atoms. The van der Waals surface area contributed by atoms with Gasteiger partial charge in [0.05, 0.1) is 0 Å². The van der Waals surface area contributed by atoms with Gasteiger partial charge in [0.15, 0.2) is 0 Å². The molecule has 4 nitrogen and oxygen atoms in total. The molecule has 0 atom stereocenters. The van der Waals surface area contributed by atoms with Gasteiger partial charge in [0.2, 0.25) is 11.8 Å². The minimum absolute atomic E-state index is 0.0237. The molecular formula is C17H26N2O2. The second kappa shape index (κ2) is 9.16. The maximum Gasteiger partial charge on any atom is 0.223 e. The topological polar surface area (TPSA) is 49.4 Å². The van der Waals surface area contributed by atoms with Gasteiger partial charge in [-0.25, -0.2) is 0 Å². The fourth-order valence-corrected chi connectivity index (χ4v) is 2.27. The zero-order valence-corrected chi connectivity index (χ0v) is 13.3. The Kier molecular flexibility index (Phi) is 7.51. The quantitative estimate of drug-likeness (QED) is 0.800. The van der Waals surface area contributed by atoms with E-state index in [0.29, 0.717) is 19.6 Å². The lowest BCUT2D eigenvalue weighted by atomic mass is 10.0. The van der Waals surface area contributed by atoms with Gasteiger partial charge < -0.3 is 10.2 Å². The third-order valence-corrected chi connectivity index (χ3v) is 3.70. The molecule has 4 heteroatoms. The Balaban J connectivity index is 2.45. The minimum atomic E-state index is 0.0237. The predicted octanol–water partition coefficient (Wildman–Crippen LogP) is 2.59. The Labute approximate surface area is 127 Å². The van der Waals surface area contributed by atoms with Crippen LogP contribution < -0.4 is 5.32 Å². The van der Waals surface area contributed by atoms with Gasteiger partial charge in [-0.1, -0.05) is 44.2 Å². The average Bonchev–Trinajstić information content (AvgIpc) is 2.48. The molecule has 0 saturated heterocycles. The van der Waals surface area contributed by atoms with E-state index in [1.54, 1.807) is 11.8 Å². The van der Waals surface area contributed by atoms with Crippen molar-refractivity contribution < 1.29 is 9.59 Å². The molecule has 0 radical (unpaired) electrons. The molecule has 0 aliphatic rings. The highest BCUT2D eigenvalue weighted by Crippen LogP contribution is 2.07. The second-order valence-electron chi connectivity index (χ2n) is 5.23. The van der Waals surface area contributed by atoms with Crippen molar-refractivity contribution in [3.8, 4) is 0 Å². The van der Waals surface area contributed by atoms with Crippen LogP contribution in [0.25, 0.3) is 0 Å². The third-order valence-electron chi connectivity index (χ3n) is 3.70. The summed E-state index contributed by atoms with van der Waals surface area (Å²) in [7, 11) is 0. The monoisotopic (exact) mass is 290 g/mol. The van der Waals surface area contributed by atoms with E-state index < -0.39 is 0 Å². The number of nitrogens with one attached hydrogen (secondary N) is 1. The van der Waals surface area contributed by atoms with E-state index in [-0.39, 0.29) is 17.7 Å². The Morgan fingerprint density at radius 2 is 1.76 bits per heavy atom. The highest BCUT2D eigenvalue weighted by atomic mass is 16.2. The average molecular weight is 290 g/mol. The van der Waals surface area contributed by atoms with Gasteiger partial charge in [-0.2, -0.15) is 0 Å². The van der Waals surface area contributed by atoms with Crippen molar-refractivity contribution in [3.05, 3.63) is 35.9 Å². The number of amides is 2. The van der Waals surface area contributed by atoms with Crippen molar-refractivity contribution in [2.75, 3.05) is 13.1 Å². The second-order valence-corrected chi connectivity index (χ2v) is 5.23. The molecule has 1 rings (SSSR count). The van der Waals surface area contributed by atoms with Crippen molar-refractivity contribution in [2.24, 2.45) is 5.92 Å². The molecule has 0 aliphatic heterocycles. The van der Waals surface area contributed by atoms with E-state index in [2.05, 4.69) is 5.32 Å². The smallest absolute Gasteiger partial charge is 0.223 e. The maximum absolute atomic E-state index is 11.9. The summed E-state index contributed by atoms with van der Waals surface area (Å²) in [5, 5.41) is 2.92. The van der Waals surface area contributed by atoms with E-state index in [0.717, 1.165) is 18.4 Å². The lowest BCUT2D eigenvalue weighted by Gasteiger charge is -2.22. The SMILES string of the molecule is CCC(CC)C(=O)NCCN(Cc1ccccc1)C(C)=O. The Bertz CT molecular complexity index is 441. The largest absolute Gasteiger partial charge is 0.354 e. The number of rotatable bonds is 8. The summed E-state index contributed by atoms with van der Waals surface area (Å²) in [5.41, 5.74) is 1.10. The van der Waals surface area contributed by atoms with Crippen LogP contribution in [0.3, 0.4) is 0 Å². The molecule has 116 valence electrons. The molecule has 0 aromatic heterocycles. The normalized spacial score (nSPS) is 10.5. The molecular weight excluding hydrogens is 264 g/mol. The molecule has 0 spiro atoms. The minimum Gasteiger partial charge on any atom is -0.354 e. The molecule has 0 aliphatic carbocycles. The van der Waals surface area contributed by atoms with E-state index in [9.17, 15) is 9.59 Å². The van der Waals surface area contributed by atoms with Crippen molar-refractivity contribution in [3.63, 3.8) is 0 Å². The van der Waals surface area contributed by atoms with Crippen LogP contribution >= 0.6 is 0 Å². The van der Waals surface area contributed by atoms with E-state index in [1.807, 2.05) is 44.2 Å². The lowest BCUT2D eigenvalue weighted by molar-refractivity contribution is -0.130. The molecule has 1 aromatic rings. The summed E-state index contributed by atoms with van der Waals surface area (Å²) in [6.07, 6.45) is 1.70. The fraction of sp³-hybridized carbons (Fsp3) is 0.529. The van der Waals surface area contributed by atoms with Crippen LogP contribution in [0, 0.1) is 5.92 Å². The maximum atomic E-state index is 11.9. The first kappa shape index (κ1) is 17.2. The number of hydrogen-bond donors (Lipinski definition) is 1. The van der Waals surface area contributed by atoms with Crippen molar-refractivity contribution >= 4 is 11.8 Å². The highest BCUT2D eigenvalue weighted by Gasteiger charge is 2.14. The first-order chi connectivity index (χ1) is 10.1. The standard InChI is InChI=1S/C17H26N2O2/c1-4-16(5-2)17(21)18-11-12-19(14(3)20)13-15-9-7-6-8-10-15/h6-10,16H,4-5,11-13H2,1-3H3,(H,18,21). The summed E-state index contributed by atoms with van der Waals surface area (Å²) in [5.74, 6) is 0.184. The summed E-state index contributed by atoms with van der Waals surface area (Å²) in [6, 6.07) is 9.87. The van der Waals surface area contributed by atoms with E-state index >= 15 is 0 Å². The van der Waals surface area contributed by atoms with Crippen molar-refractivity contribution in [1.29, 1.82) is 0 Å². The van der Waals surface area contributed by atoms with Gasteiger partial charge in [0, 0.05) is 32.5 Å². The molecule has 0 heterocycles. The van der Waals surface area contributed by atoms with Crippen molar-refractivity contribution in [1.82, 2.24) is 10.2 Å². The number of hydrogen-bond acceptors (Lipinski definition) is 2. The van der Waals surface area contributed by atoms with E-state index in [4.69, 9.17) is 0 Å². The fourth-order valence-electron chi connectivity index (χ4n) is 2.27.